The summed E-state index contributed by atoms with van der Waals surface area (Å²) in [7, 11) is 0. The molecule has 0 spiro atoms. The maximum Gasteiger partial charge on any atom is 0.231 e. The summed E-state index contributed by atoms with van der Waals surface area (Å²) in [4.78, 5) is 17.3. The van der Waals surface area contributed by atoms with Gasteiger partial charge < -0.3 is 14.8 Å². The Morgan fingerprint density at radius 3 is 2.73 bits per heavy atom. The first kappa shape index (κ1) is 17.0. The molecule has 1 N–H and O–H groups in total. The molecule has 2 aliphatic rings. The van der Waals surface area contributed by atoms with Crippen molar-refractivity contribution < 1.29 is 14.3 Å². The van der Waals surface area contributed by atoms with Crippen LogP contribution in [0.3, 0.4) is 0 Å². The Bertz CT molecular complexity index is 757. The van der Waals surface area contributed by atoms with E-state index in [1.807, 2.05) is 49.4 Å². The number of pyridine rings is 1. The van der Waals surface area contributed by atoms with Gasteiger partial charge in [0, 0.05) is 12.3 Å². The van der Waals surface area contributed by atoms with Crippen molar-refractivity contribution >= 4 is 5.91 Å². The summed E-state index contributed by atoms with van der Waals surface area (Å²) in [6.45, 7) is 3.04. The van der Waals surface area contributed by atoms with Crippen LogP contribution in [-0.2, 0) is 14.9 Å². The molecule has 1 aliphatic heterocycles. The fourth-order valence-corrected chi connectivity index (χ4v) is 3.53. The Kier molecular flexibility index (Phi) is 4.64. The zero-order valence-electron chi connectivity index (χ0n) is 15.0. The van der Waals surface area contributed by atoms with E-state index < -0.39 is 0 Å². The highest BCUT2D eigenvalue weighted by Crippen LogP contribution is 2.48. The van der Waals surface area contributed by atoms with Gasteiger partial charge in [-0.05, 0) is 43.9 Å². The van der Waals surface area contributed by atoms with Gasteiger partial charge in [-0.2, -0.15) is 0 Å². The third kappa shape index (κ3) is 3.44. The lowest BCUT2D eigenvalue weighted by molar-refractivity contribution is -0.126. The van der Waals surface area contributed by atoms with Gasteiger partial charge in [-0.25, -0.2) is 0 Å². The van der Waals surface area contributed by atoms with Crippen molar-refractivity contribution in [1.82, 2.24) is 10.3 Å². The molecule has 1 amide bonds. The summed E-state index contributed by atoms with van der Waals surface area (Å²) in [5.41, 5.74) is 1.68. The summed E-state index contributed by atoms with van der Waals surface area (Å²) in [5.74, 6) is 0.806. The van der Waals surface area contributed by atoms with E-state index in [0.29, 0.717) is 19.0 Å². The van der Waals surface area contributed by atoms with E-state index in [0.717, 1.165) is 30.5 Å². The normalized spacial score (nSPS) is 23.9. The van der Waals surface area contributed by atoms with Crippen molar-refractivity contribution in [2.45, 2.75) is 43.7 Å². The number of nitrogens with zero attached hydrogens (tertiary/aromatic N) is 1. The van der Waals surface area contributed by atoms with Crippen molar-refractivity contribution in [2.75, 3.05) is 13.2 Å². The second-order valence-corrected chi connectivity index (χ2v) is 7.18. The standard InChI is InChI=1S/C21H24N2O3/c1-15-7-8-17(13-22-15)26-19-14-25-12-9-18(19)23-20(24)21(10-11-21)16-5-3-2-4-6-16/h2-8,13,18-19H,9-12,14H2,1H3,(H,23,24)/t18-,19+/m0/s1. The Morgan fingerprint density at radius 1 is 1.23 bits per heavy atom. The average molecular weight is 352 g/mol. The number of aromatic nitrogens is 1. The second-order valence-electron chi connectivity index (χ2n) is 7.18. The molecular weight excluding hydrogens is 328 g/mol. The van der Waals surface area contributed by atoms with Crippen LogP contribution in [-0.4, -0.2) is 36.3 Å². The van der Waals surface area contributed by atoms with Crippen LogP contribution >= 0.6 is 0 Å². The van der Waals surface area contributed by atoms with Gasteiger partial charge in [-0.3, -0.25) is 9.78 Å². The molecule has 2 fully saturated rings. The number of amides is 1. The van der Waals surface area contributed by atoms with Gasteiger partial charge in [0.05, 0.1) is 24.3 Å². The minimum absolute atomic E-state index is 0.0567. The van der Waals surface area contributed by atoms with Gasteiger partial charge in [0.2, 0.25) is 5.91 Å². The van der Waals surface area contributed by atoms with Gasteiger partial charge in [-0.1, -0.05) is 30.3 Å². The number of hydrogen-bond donors (Lipinski definition) is 1. The highest BCUT2D eigenvalue weighted by molar-refractivity contribution is 5.91. The van der Waals surface area contributed by atoms with E-state index >= 15 is 0 Å². The molecule has 2 atom stereocenters. The topological polar surface area (TPSA) is 60.5 Å². The smallest absolute Gasteiger partial charge is 0.231 e. The lowest BCUT2D eigenvalue weighted by Crippen LogP contribution is -2.53. The predicted octanol–water partition coefficient (Wildman–Crippen LogP) is 2.77. The van der Waals surface area contributed by atoms with Crippen LogP contribution in [0.15, 0.2) is 48.7 Å². The number of aryl methyl sites for hydroxylation is 1. The van der Waals surface area contributed by atoms with E-state index in [4.69, 9.17) is 9.47 Å². The van der Waals surface area contributed by atoms with Crippen LogP contribution in [0.1, 0.15) is 30.5 Å². The third-order valence-electron chi connectivity index (χ3n) is 5.30. The summed E-state index contributed by atoms with van der Waals surface area (Å²) in [5, 5.41) is 3.24. The number of hydrogen-bond acceptors (Lipinski definition) is 4. The second kappa shape index (κ2) is 7.08. The maximum absolute atomic E-state index is 13.0. The first-order valence-electron chi connectivity index (χ1n) is 9.21. The molecule has 0 bridgehead atoms. The van der Waals surface area contributed by atoms with Crippen LogP contribution in [0.4, 0.5) is 0 Å². The monoisotopic (exact) mass is 352 g/mol. The third-order valence-corrected chi connectivity index (χ3v) is 5.30. The number of ether oxygens (including phenoxy) is 2. The van der Waals surface area contributed by atoms with Crippen molar-refractivity contribution in [2.24, 2.45) is 0 Å². The number of carbonyl (C=O) groups excluding carboxylic acids is 1. The van der Waals surface area contributed by atoms with E-state index in [9.17, 15) is 4.79 Å². The first-order chi connectivity index (χ1) is 12.7. The van der Waals surface area contributed by atoms with Crippen molar-refractivity contribution in [1.29, 1.82) is 0 Å². The molecule has 1 aromatic carbocycles. The molecule has 0 radical (unpaired) electrons. The molecule has 26 heavy (non-hydrogen) atoms. The van der Waals surface area contributed by atoms with E-state index in [2.05, 4.69) is 10.3 Å². The Balaban J connectivity index is 1.45. The average Bonchev–Trinajstić information content (AvgIpc) is 3.48. The highest BCUT2D eigenvalue weighted by atomic mass is 16.5. The SMILES string of the molecule is Cc1ccc(O[C@@H]2COCC[C@@H]2NC(=O)C2(c3ccccc3)CC2)cn1. The van der Waals surface area contributed by atoms with Gasteiger partial charge in [0.25, 0.3) is 0 Å². The largest absolute Gasteiger partial charge is 0.484 e. The van der Waals surface area contributed by atoms with Crippen LogP contribution in [0.25, 0.3) is 0 Å². The molecule has 0 unspecified atom stereocenters. The molecule has 2 aromatic rings. The van der Waals surface area contributed by atoms with Crippen LogP contribution in [0.5, 0.6) is 5.75 Å². The number of benzene rings is 1. The Labute approximate surface area is 153 Å². The highest BCUT2D eigenvalue weighted by Gasteiger charge is 2.52. The van der Waals surface area contributed by atoms with Gasteiger partial charge >= 0.3 is 0 Å². The summed E-state index contributed by atoms with van der Waals surface area (Å²) >= 11 is 0. The number of nitrogens with one attached hydrogen (secondary N) is 1. The minimum Gasteiger partial charge on any atom is -0.484 e. The van der Waals surface area contributed by atoms with Gasteiger partial charge in [0.1, 0.15) is 11.9 Å². The van der Waals surface area contributed by atoms with E-state index in [1.165, 1.54) is 0 Å². The number of rotatable bonds is 5. The van der Waals surface area contributed by atoms with Crippen molar-refractivity contribution in [3.63, 3.8) is 0 Å². The molecule has 4 rings (SSSR count). The molecule has 2 heterocycles. The van der Waals surface area contributed by atoms with Crippen molar-refractivity contribution in [3.8, 4) is 5.75 Å². The molecule has 5 heteroatoms. The first-order valence-corrected chi connectivity index (χ1v) is 9.21. The fourth-order valence-electron chi connectivity index (χ4n) is 3.53. The van der Waals surface area contributed by atoms with E-state index in [-0.39, 0.29) is 23.5 Å². The van der Waals surface area contributed by atoms with E-state index in [1.54, 1.807) is 6.20 Å². The van der Waals surface area contributed by atoms with Crippen LogP contribution in [0, 0.1) is 6.92 Å². The van der Waals surface area contributed by atoms with Crippen LogP contribution in [0.2, 0.25) is 0 Å². The Hall–Kier alpha value is -2.40. The van der Waals surface area contributed by atoms with Crippen LogP contribution < -0.4 is 10.1 Å². The summed E-state index contributed by atoms with van der Waals surface area (Å²) in [6, 6.07) is 13.8. The molecule has 5 nitrogen and oxygen atoms in total. The summed E-state index contributed by atoms with van der Waals surface area (Å²) < 4.78 is 11.6. The van der Waals surface area contributed by atoms with Gasteiger partial charge in [-0.15, -0.1) is 0 Å². The summed E-state index contributed by atoms with van der Waals surface area (Å²) in [6.07, 6.45) is 4.07. The lowest BCUT2D eigenvalue weighted by atomic mass is 9.94. The maximum atomic E-state index is 13.0. The zero-order chi connectivity index (χ0) is 18.0. The molecule has 1 aromatic heterocycles. The fraction of sp³-hybridized carbons (Fsp3) is 0.429. The molecule has 136 valence electrons. The molecule has 1 saturated heterocycles. The zero-order valence-corrected chi connectivity index (χ0v) is 15.0. The molecule has 1 saturated carbocycles. The predicted molar refractivity (Wildman–Crippen MR) is 98.1 cm³/mol. The minimum atomic E-state index is -0.366. The van der Waals surface area contributed by atoms with Crippen molar-refractivity contribution in [3.05, 3.63) is 59.9 Å². The molecule has 1 aliphatic carbocycles. The number of carbonyl (C=O) groups is 1. The Morgan fingerprint density at radius 2 is 2.04 bits per heavy atom. The molecular formula is C21H24N2O3. The quantitative estimate of drug-likeness (QED) is 0.899. The lowest BCUT2D eigenvalue weighted by Gasteiger charge is -2.33. The van der Waals surface area contributed by atoms with Gasteiger partial charge in [0.15, 0.2) is 0 Å².